The van der Waals surface area contributed by atoms with Crippen LogP contribution in [0.15, 0.2) is 48.5 Å². The van der Waals surface area contributed by atoms with Crippen LogP contribution in [-0.2, 0) is 27.0 Å². The van der Waals surface area contributed by atoms with Crippen molar-refractivity contribution in [2.75, 3.05) is 32.2 Å². The Morgan fingerprint density at radius 2 is 1.90 bits per heavy atom. The lowest BCUT2D eigenvalue weighted by Gasteiger charge is -2.18. The molecule has 0 spiro atoms. The molecule has 1 saturated heterocycles. The summed E-state index contributed by atoms with van der Waals surface area (Å²) in [6.07, 6.45) is -4.57. The van der Waals surface area contributed by atoms with Gasteiger partial charge in [0.25, 0.3) is 0 Å². The van der Waals surface area contributed by atoms with E-state index in [9.17, 15) is 22.8 Å². The van der Waals surface area contributed by atoms with Crippen LogP contribution in [0, 0.1) is 5.92 Å². The first-order valence-electron chi connectivity index (χ1n) is 9.73. The summed E-state index contributed by atoms with van der Waals surface area (Å²) in [6.45, 7) is 0.911. The number of carbonyl (C=O) groups is 2. The molecule has 0 aliphatic carbocycles. The van der Waals surface area contributed by atoms with E-state index in [0.717, 1.165) is 23.8 Å². The van der Waals surface area contributed by atoms with Crippen molar-refractivity contribution in [2.45, 2.75) is 19.1 Å². The molecule has 1 N–H and O–H groups in total. The third-order valence-electron chi connectivity index (χ3n) is 4.91. The number of methoxy groups -OCH3 is 1. The number of benzene rings is 2. The van der Waals surface area contributed by atoms with Crippen molar-refractivity contribution in [2.24, 2.45) is 5.92 Å². The lowest BCUT2D eigenvalue weighted by molar-refractivity contribution is -0.137. The highest BCUT2D eigenvalue weighted by Crippen LogP contribution is 2.35. The summed E-state index contributed by atoms with van der Waals surface area (Å²) < 4.78 is 49.7. The average molecular weight is 436 g/mol. The van der Waals surface area contributed by atoms with E-state index in [2.05, 4.69) is 5.32 Å². The maximum absolute atomic E-state index is 13.1. The summed E-state index contributed by atoms with van der Waals surface area (Å²) >= 11 is 0. The summed E-state index contributed by atoms with van der Waals surface area (Å²) in [5.74, 6) is -1.27. The molecular weight excluding hydrogens is 413 g/mol. The molecule has 0 radical (unpaired) electrons. The average Bonchev–Trinajstić information content (AvgIpc) is 3.09. The summed E-state index contributed by atoms with van der Waals surface area (Å²) in [6, 6.07) is 12.2. The number of hydrogen-bond acceptors (Lipinski definition) is 4. The van der Waals surface area contributed by atoms with Gasteiger partial charge in [-0.25, -0.2) is 0 Å². The molecule has 2 amide bonds. The molecule has 6 nitrogen and oxygen atoms in total. The van der Waals surface area contributed by atoms with Crippen molar-refractivity contribution < 1.29 is 32.2 Å². The maximum Gasteiger partial charge on any atom is 0.416 e. The molecule has 2 aromatic rings. The third kappa shape index (κ3) is 5.97. The summed E-state index contributed by atoms with van der Waals surface area (Å²) in [5.41, 5.74) is -0.0661. The number of likely N-dealkylation sites (tertiary alicyclic amines) is 1. The van der Waals surface area contributed by atoms with E-state index >= 15 is 0 Å². The van der Waals surface area contributed by atoms with Crippen LogP contribution in [0.1, 0.15) is 17.5 Å². The lowest BCUT2D eigenvalue weighted by atomic mass is 10.1. The summed E-state index contributed by atoms with van der Waals surface area (Å²) in [7, 11) is 1.47. The van der Waals surface area contributed by atoms with Gasteiger partial charge in [-0.15, -0.1) is 0 Å². The van der Waals surface area contributed by atoms with Gasteiger partial charge >= 0.3 is 6.18 Å². The molecule has 1 atom stereocenters. The van der Waals surface area contributed by atoms with Crippen LogP contribution >= 0.6 is 0 Å². The summed E-state index contributed by atoms with van der Waals surface area (Å²) in [5, 5.41) is 2.51. The molecule has 31 heavy (non-hydrogen) atoms. The van der Waals surface area contributed by atoms with E-state index in [1.807, 2.05) is 30.3 Å². The van der Waals surface area contributed by atoms with E-state index in [1.165, 1.54) is 7.11 Å². The monoisotopic (exact) mass is 436 g/mol. The standard InChI is InChI=1S/C22H23F3N2O4/c1-30-9-10-31-19-8-7-17(22(23,24)25)12-18(19)26-21(29)16-11-20(28)27(14-16)13-15-5-3-2-4-6-15/h2-8,12,16H,9-11,13-14H2,1H3,(H,26,29). The van der Waals surface area contributed by atoms with Crippen molar-refractivity contribution in [3.63, 3.8) is 0 Å². The van der Waals surface area contributed by atoms with Crippen LogP contribution in [-0.4, -0.2) is 43.6 Å². The third-order valence-corrected chi connectivity index (χ3v) is 4.91. The lowest BCUT2D eigenvalue weighted by Crippen LogP contribution is -2.28. The highest BCUT2D eigenvalue weighted by Gasteiger charge is 2.35. The number of hydrogen-bond donors (Lipinski definition) is 1. The minimum absolute atomic E-state index is 0.00249. The van der Waals surface area contributed by atoms with Crippen molar-refractivity contribution in [1.82, 2.24) is 4.90 Å². The topological polar surface area (TPSA) is 67.9 Å². The number of nitrogens with one attached hydrogen (secondary N) is 1. The fraction of sp³-hybridized carbons (Fsp3) is 0.364. The molecule has 1 heterocycles. The van der Waals surface area contributed by atoms with Gasteiger partial charge < -0.3 is 19.7 Å². The second kappa shape index (κ2) is 9.82. The van der Waals surface area contributed by atoms with Crippen LogP contribution in [0.4, 0.5) is 18.9 Å². The van der Waals surface area contributed by atoms with Gasteiger partial charge in [0.2, 0.25) is 11.8 Å². The molecule has 166 valence electrons. The Morgan fingerprint density at radius 1 is 1.16 bits per heavy atom. The number of ether oxygens (including phenoxy) is 2. The number of alkyl halides is 3. The van der Waals surface area contributed by atoms with Gasteiger partial charge in [-0.3, -0.25) is 9.59 Å². The first-order valence-corrected chi connectivity index (χ1v) is 9.73. The Kier molecular flexibility index (Phi) is 7.17. The first kappa shape index (κ1) is 22.6. The second-order valence-corrected chi connectivity index (χ2v) is 7.20. The Bertz CT molecular complexity index is 919. The molecule has 0 bridgehead atoms. The van der Waals surface area contributed by atoms with Crippen molar-refractivity contribution >= 4 is 17.5 Å². The molecule has 0 saturated carbocycles. The zero-order valence-corrected chi connectivity index (χ0v) is 16.9. The number of nitrogens with zero attached hydrogens (tertiary/aromatic N) is 1. The SMILES string of the molecule is COCCOc1ccc(C(F)(F)F)cc1NC(=O)C1CC(=O)N(Cc2ccccc2)C1. The highest BCUT2D eigenvalue weighted by atomic mass is 19.4. The minimum Gasteiger partial charge on any atom is -0.489 e. The number of halogens is 3. The highest BCUT2D eigenvalue weighted by molar-refractivity contribution is 5.98. The smallest absolute Gasteiger partial charge is 0.416 e. The fourth-order valence-corrected chi connectivity index (χ4v) is 3.30. The van der Waals surface area contributed by atoms with Gasteiger partial charge in [0.05, 0.1) is 23.8 Å². The first-order chi connectivity index (χ1) is 14.8. The predicted molar refractivity (Wildman–Crippen MR) is 107 cm³/mol. The molecule has 1 aliphatic heterocycles. The molecule has 3 rings (SSSR count). The van der Waals surface area contributed by atoms with Crippen LogP contribution in [0.5, 0.6) is 5.75 Å². The van der Waals surface area contributed by atoms with Crippen molar-refractivity contribution in [3.05, 3.63) is 59.7 Å². The van der Waals surface area contributed by atoms with E-state index < -0.39 is 23.6 Å². The molecular formula is C22H23F3N2O4. The molecule has 1 unspecified atom stereocenters. The van der Waals surface area contributed by atoms with Gasteiger partial charge in [0.1, 0.15) is 12.4 Å². The number of carbonyl (C=O) groups excluding carboxylic acids is 2. The Hall–Kier alpha value is -3.07. The normalized spacial score (nSPS) is 16.5. The summed E-state index contributed by atoms with van der Waals surface area (Å²) in [4.78, 5) is 26.7. The van der Waals surface area contributed by atoms with Crippen LogP contribution < -0.4 is 10.1 Å². The molecule has 0 aromatic heterocycles. The molecule has 1 fully saturated rings. The van der Waals surface area contributed by atoms with Crippen molar-refractivity contribution in [3.8, 4) is 5.75 Å². The second-order valence-electron chi connectivity index (χ2n) is 7.20. The predicted octanol–water partition coefficient (Wildman–Crippen LogP) is 3.72. The maximum atomic E-state index is 13.1. The van der Waals surface area contributed by atoms with Crippen LogP contribution in [0.25, 0.3) is 0 Å². The van der Waals surface area contributed by atoms with Crippen LogP contribution in [0.3, 0.4) is 0 Å². The van der Waals surface area contributed by atoms with Gasteiger partial charge in [-0.05, 0) is 23.8 Å². The van der Waals surface area contributed by atoms with E-state index in [0.29, 0.717) is 6.54 Å². The minimum atomic E-state index is -4.57. The Labute approximate surface area is 177 Å². The van der Waals surface area contributed by atoms with E-state index in [4.69, 9.17) is 9.47 Å². The van der Waals surface area contributed by atoms with Gasteiger partial charge in [0, 0.05) is 26.6 Å². The van der Waals surface area contributed by atoms with Gasteiger partial charge in [0.15, 0.2) is 0 Å². The molecule has 1 aliphatic rings. The Morgan fingerprint density at radius 3 is 2.58 bits per heavy atom. The zero-order valence-electron chi connectivity index (χ0n) is 16.9. The largest absolute Gasteiger partial charge is 0.489 e. The number of anilines is 1. The van der Waals surface area contributed by atoms with E-state index in [-0.39, 0.29) is 43.5 Å². The van der Waals surface area contributed by atoms with Gasteiger partial charge in [-0.1, -0.05) is 30.3 Å². The van der Waals surface area contributed by atoms with Gasteiger partial charge in [-0.2, -0.15) is 13.2 Å². The number of rotatable bonds is 8. The molecule has 2 aromatic carbocycles. The Balaban J connectivity index is 1.71. The fourth-order valence-electron chi connectivity index (χ4n) is 3.30. The quantitative estimate of drug-likeness (QED) is 0.641. The number of amides is 2. The molecule has 9 heteroatoms. The van der Waals surface area contributed by atoms with Crippen molar-refractivity contribution in [1.29, 1.82) is 0 Å². The van der Waals surface area contributed by atoms with E-state index in [1.54, 1.807) is 4.90 Å². The van der Waals surface area contributed by atoms with Crippen LogP contribution in [0.2, 0.25) is 0 Å². The zero-order chi connectivity index (χ0) is 22.4.